The normalized spacial score (nSPS) is 13.2. The summed E-state index contributed by atoms with van der Waals surface area (Å²) in [5.41, 5.74) is 3.86. The Kier molecular flexibility index (Phi) is 2.38. The largest absolute Gasteiger partial charge is 0.481 e. The molecule has 2 aromatic heterocycles. The van der Waals surface area contributed by atoms with Crippen LogP contribution < -0.4 is 4.74 Å². The van der Waals surface area contributed by atoms with Gasteiger partial charge in [-0.15, -0.1) is 0 Å². The molecule has 0 bridgehead atoms. The minimum Gasteiger partial charge on any atom is -0.481 e. The summed E-state index contributed by atoms with van der Waals surface area (Å²) >= 11 is 0. The Balaban J connectivity index is 1.97. The highest BCUT2D eigenvalue weighted by atomic mass is 16.5. The highest BCUT2D eigenvalue weighted by Crippen LogP contribution is 2.30. The fourth-order valence-electron chi connectivity index (χ4n) is 2.09. The maximum absolute atomic E-state index is 8.90. The Morgan fingerprint density at radius 2 is 2.33 bits per heavy atom. The summed E-state index contributed by atoms with van der Waals surface area (Å²) in [7, 11) is 1.58. The number of methoxy groups -OCH3 is 1. The van der Waals surface area contributed by atoms with Crippen LogP contribution in [0.3, 0.4) is 0 Å². The number of pyridine rings is 1. The zero-order valence-corrected chi connectivity index (χ0v) is 9.84. The molecule has 0 aromatic carbocycles. The van der Waals surface area contributed by atoms with Crippen molar-refractivity contribution in [2.45, 2.75) is 13.1 Å². The van der Waals surface area contributed by atoms with Crippen LogP contribution in [-0.2, 0) is 13.1 Å². The summed E-state index contributed by atoms with van der Waals surface area (Å²) in [6.45, 7) is 1.20. The second kappa shape index (κ2) is 4.04. The number of H-pyrrole nitrogens is 1. The maximum Gasteiger partial charge on any atom is 0.212 e. The Morgan fingerprint density at radius 3 is 3.00 bits per heavy atom. The van der Waals surface area contributed by atoms with Crippen LogP contribution in [0.25, 0.3) is 11.3 Å². The van der Waals surface area contributed by atoms with E-state index in [0.29, 0.717) is 19.0 Å². The highest BCUT2D eigenvalue weighted by Gasteiger charge is 2.24. The van der Waals surface area contributed by atoms with E-state index in [9.17, 15) is 0 Å². The van der Waals surface area contributed by atoms with E-state index in [2.05, 4.69) is 21.4 Å². The Hall–Kier alpha value is -2.55. The predicted molar refractivity (Wildman–Crippen MR) is 63.2 cm³/mol. The first kappa shape index (κ1) is 10.6. The van der Waals surface area contributed by atoms with Crippen LogP contribution in [0.2, 0.25) is 0 Å². The monoisotopic (exact) mass is 241 g/mol. The fraction of sp³-hybridized carbons (Fsp3) is 0.250. The Morgan fingerprint density at radius 1 is 1.44 bits per heavy atom. The number of fused-ring (bicyclic) bond motifs is 1. The molecule has 3 heterocycles. The number of nitrogens with one attached hydrogen (secondary N) is 1. The van der Waals surface area contributed by atoms with Crippen molar-refractivity contribution in [1.29, 1.82) is 5.26 Å². The van der Waals surface area contributed by atoms with Gasteiger partial charge in [-0.05, 0) is 6.07 Å². The van der Waals surface area contributed by atoms with Crippen LogP contribution >= 0.6 is 0 Å². The third-order valence-electron chi connectivity index (χ3n) is 3.01. The molecule has 0 fully saturated rings. The van der Waals surface area contributed by atoms with Gasteiger partial charge in [0.1, 0.15) is 0 Å². The van der Waals surface area contributed by atoms with Gasteiger partial charge in [-0.3, -0.25) is 5.10 Å². The third-order valence-corrected chi connectivity index (χ3v) is 3.01. The lowest BCUT2D eigenvalue weighted by atomic mass is 10.1. The molecule has 0 amide bonds. The summed E-state index contributed by atoms with van der Waals surface area (Å²) in [4.78, 5) is 5.85. The lowest BCUT2D eigenvalue weighted by molar-refractivity contribution is 0.398. The maximum atomic E-state index is 8.90. The molecule has 6 heteroatoms. The quantitative estimate of drug-likeness (QED) is 0.801. The van der Waals surface area contributed by atoms with Gasteiger partial charge in [-0.2, -0.15) is 10.4 Å². The first-order chi connectivity index (χ1) is 8.81. The molecular formula is C12H11N5O. The summed E-state index contributed by atoms with van der Waals surface area (Å²) in [5, 5.41) is 16.2. The van der Waals surface area contributed by atoms with Crippen molar-refractivity contribution in [2.24, 2.45) is 0 Å². The lowest BCUT2D eigenvalue weighted by Crippen LogP contribution is -2.08. The van der Waals surface area contributed by atoms with Gasteiger partial charge in [0.2, 0.25) is 5.88 Å². The average Bonchev–Trinajstić information content (AvgIpc) is 2.98. The summed E-state index contributed by atoms with van der Waals surface area (Å²) in [6.07, 6.45) is 3.87. The molecule has 0 atom stereocenters. The number of nitriles is 1. The van der Waals surface area contributed by atoms with Crippen molar-refractivity contribution >= 4 is 0 Å². The number of nitrogens with zero attached hydrogens (tertiary/aromatic N) is 4. The lowest BCUT2D eigenvalue weighted by Gasteiger charge is -2.05. The number of hydrogen-bond donors (Lipinski definition) is 1. The molecule has 1 aliphatic heterocycles. The standard InChI is InChI=1S/C12H11N5O/c1-18-11-3-2-8(4-14-11)12-9-5-17(7-13)6-10(9)15-16-12/h2-4H,5-6H2,1H3,(H,15,16). The summed E-state index contributed by atoms with van der Waals surface area (Å²) in [5.74, 6) is 0.574. The van der Waals surface area contributed by atoms with Crippen molar-refractivity contribution < 1.29 is 4.74 Å². The molecule has 0 saturated heterocycles. The van der Waals surface area contributed by atoms with E-state index in [0.717, 1.165) is 22.5 Å². The average molecular weight is 241 g/mol. The number of aromatic nitrogens is 3. The fourth-order valence-corrected chi connectivity index (χ4v) is 2.09. The molecule has 18 heavy (non-hydrogen) atoms. The second-order valence-corrected chi connectivity index (χ2v) is 4.07. The molecule has 0 aliphatic carbocycles. The molecule has 90 valence electrons. The zero-order chi connectivity index (χ0) is 12.5. The van der Waals surface area contributed by atoms with Gasteiger partial charge in [0.15, 0.2) is 6.19 Å². The Bertz CT molecular complexity index is 610. The van der Waals surface area contributed by atoms with Gasteiger partial charge in [0.25, 0.3) is 0 Å². The molecule has 0 radical (unpaired) electrons. The van der Waals surface area contributed by atoms with Gasteiger partial charge >= 0.3 is 0 Å². The Labute approximate surface area is 104 Å². The van der Waals surface area contributed by atoms with Crippen LogP contribution in [0.15, 0.2) is 18.3 Å². The van der Waals surface area contributed by atoms with Crippen LogP contribution in [0.4, 0.5) is 0 Å². The van der Waals surface area contributed by atoms with Gasteiger partial charge < -0.3 is 9.64 Å². The molecule has 6 nitrogen and oxygen atoms in total. The van der Waals surface area contributed by atoms with Crippen molar-refractivity contribution in [2.75, 3.05) is 7.11 Å². The van der Waals surface area contributed by atoms with E-state index in [1.54, 1.807) is 24.3 Å². The minimum atomic E-state index is 0.574. The SMILES string of the molecule is COc1ccc(-c2n[nH]c3c2CN(C#N)C3)cn1. The van der Waals surface area contributed by atoms with Gasteiger partial charge in [0, 0.05) is 23.4 Å². The summed E-state index contributed by atoms with van der Waals surface area (Å²) < 4.78 is 5.02. The molecule has 0 unspecified atom stereocenters. The van der Waals surface area contributed by atoms with Crippen LogP contribution in [0.1, 0.15) is 11.3 Å². The molecule has 2 aromatic rings. The van der Waals surface area contributed by atoms with E-state index in [-0.39, 0.29) is 0 Å². The number of ether oxygens (including phenoxy) is 1. The van der Waals surface area contributed by atoms with Gasteiger partial charge in [0.05, 0.1) is 31.6 Å². The molecule has 1 aliphatic rings. The molecule has 0 spiro atoms. The first-order valence-electron chi connectivity index (χ1n) is 5.53. The molecule has 0 saturated carbocycles. The third kappa shape index (κ3) is 1.57. The van der Waals surface area contributed by atoms with E-state index >= 15 is 0 Å². The topological polar surface area (TPSA) is 77.8 Å². The van der Waals surface area contributed by atoms with Gasteiger partial charge in [-0.1, -0.05) is 0 Å². The van der Waals surface area contributed by atoms with E-state index in [1.165, 1.54) is 0 Å². The first-order valence-corrected chi connectivity index (χ1v) is 5.53. The van der Waals surface area contributed by atoms with Crippen molar-refractivity contribution in [3.63, 3.8) is 0 Å². The molecule has 1 N–H and O–H groups in total. The van der Waals surface area contributed by atoms with E-state index in [4.69, 9.17) is 10.00 Å². The van der Waals surface area contributed by atoms with E-state index in [1.807, 2.05) is 6.07 Å². The minimum absolute atomic E-state index is 0.574. The van der Waals surface area contributed by atoms with Gasteiger partial charge in [-0.25, -0.2) is 4.98 Å². The number of aromatic amines is 1. The molecule has 3 rings (SSSR count). The van der Waals surface area contributed by atoms with Crippen molar-refractivity contribution in [3.05, 3.63) is 29.6 Å². The smallest absolute Gasteiger partial charge is 0.212 e. The highest BCUT2D eigenvalue weighted by molar-refractivity contribution is 5.64. The second-order valence-electron chi connectivity index (χ2n) is 4.07. The van der Waals surface area contributed by atoms with E-state index < -0.39 is 0 Å². The predicted octanol–water partition coefficient (Wildman–Crippen LogP) is 1.28. The van der Waals surface area contributed by atoms with Crippen LogP contribution in [0.5, 0.6) is 5.88 Å². The van der Waals surface area contributed by atoms with Crippen LogP contribution in [-0.4, -0.2) is 27.2 Å². The van der Waals surface area contributed by atoms with Crippen LogP contribution in [0, 0.1) is 11.5 Å². The van der Waals surface area contributed by atoms with Crippen molar-refractivity contribution in [3.8, 4) is 23.3 Å². The molecular weight excluding hydrogens is 230 g/mol. The number of rotatable bonds is 2. The van der Waals surface area contributed by atoms with Crippen molar-refractivity contribution in [1.82, 2.24) is 20.1 Å². The summed E-state index contributed by atoms with van der Waals surface area (Å²) in [6, 6.07) is 3.71. The number of hydrogen-bond acceptors (Lipinski definition) is 5. The zero-order valence-electron chi connectivity index (χ0n) is 9.84.